The first-order valence-corrected chi connectivity index (χ1v) is 3.82. The first kappa shape index (κ1) is 11.1. The highest BCUT2D eigenvalue weighted by Crippen LogP contribution is 2.19. The van der Waals surface area contributed by atoms with Crippen molar-refractivity contribution in [2.24, 2.45) is 0 Å². The van der Waals surface area contributed by atoms with Crippen LogP contribution in [0.1, 0.15) is 13.3 Å². The monoisotopic (exact) mass is 187 g/mol. The minimum absolute atomic E-state index is 0. The second-order valence-corrected chi connectivity index (χ2v) is 2.39. The predicted octanol–water partition coefficient (Wildman–Crippen LogP) is 2.48. The van der Waals surface area contributed by atoms with E-state index in [2.05, 4.69) is 6.92 Å². The third kappa shape index (κ3) is 3.01. The van der Waals surface area contributed by atoms with Crippen LogP contribution in [0.3, 0.4) is 0 Å². The predicted molar refractivity (Wildman–Crippen MR) is 53.9 cm³/mol. The molecule has 1 aromatic rings. The quantitative estimate of drug-likeness (QED) is 0.738. The summed E-state index contributed by atoms with van der Waals surface area (Å²) in [5.41, 5.74) is 6.35. The molecule has 0 aromatic heterocycles. The second kappa shape index (κ2) is 5.72. The van der Waals surface area contributed by atoms with E-state index in [0.717, 1.165) is 18.8 Å². The fourth-order valence-corrected chi connectivity index (χ4v) is 0.824. The van der Waals surface area contributed by atoms with Crippen LogP contribution in [-0.4, -0.2) is 6.61 Å². The number of anilines is 1. The fourth-order valence-electron chi connectivity index (χ4n) is 0.824. The maximum absolute atomic E-state index is 5.64. The lowest BCUT2D eigenvalue weighted by atomic mass is 10.3. The molecule has 0 heterocycles. The van der Waals surface area contributed by atoms with Crippen LogP contribution in [0.2, 0.25) is 0 Å². The van der Waals surface area contributed by atoms with Crippen LogP contribution in [0.25, 0.3) is 0 Å². The van der Waals surface area contributed by atoms with Crippen molar-refractivity contribution >= 4 is 18.1 Å². The fraction of sp³-hybridized carbons (Fsp3) is 0.333. The molecule has 0 radical (unpaired) electrons. The molecule has 0 bridgehead atoms. The summed E-state index contributed by atoms with van der Waals surface area (Å²) in [7, 11) is 0. The summed E-state index contributed by atoms with van der Waals surface area (Å²) >= 11 is 0. The Kier molecular flexibility index (Phi) is 5.30. The van der Waals surface area contributed by atoms with Crippen LogP contribution in [0.5, 0.6) is 5.75 Å². The molecule has 2 N–H and O–H groups in total. The molecule has 0 saturated heterocycles. The summed E-state index contributed by atoms with van der Waals surface area (Å²) in [5, 5.41) is 0. The van der Waals surface area contributed by atoms with Crippen molar-refractivity contribution in [3.63, 3.8) is 0 Å². The maximum Gasteiger partial charge on any atom is 0.142 e. The summed E-state index contributed by atoms with van der Waals surface area (Å²) in [5.74, 6) is 0.786. The third-order valence-electron chi connectivity index (χ3n) is 1.38. The van der Waals surface area contributed by atoms with Gasteiger partial charge in [-0.05, 0) is 18.6 Å². The van der Waals surface area contributed by atoms with Crippen LogP contribution in [0.15, 0.2) is 24.3 Å². The molecule has 0 unspecified atom stereocenters. The minimum atomic E-state index is 0. The maximum atomic E-state index is 5.64. The number of hydrogen-bond donors (Lipinski definition) is 1. The number of nitrogens with two attached hydrogens (primary N) is 1. The van der Waals surface area contributed by atoms with E-state index in [9.17, 15) is 0 Å². The van der Waals surface area contributed by atoms with E-state index in [1.165, 1.54) is 0 Å². The van der Waals surface area contributed by atoms with Gasteiger partial charge < -0.3 is 10.5 Å². The molecule has 68 valence electrons. The lowest BCUT2D eigenvalue weighted by molar-refractivity contribution is 0.319. The minimum Gasteiger partial charge on any atom is -0.491 e. The van der Waals surface area contributed by atoms with Gasteiger partial charge in [0.2, 0.25) is 0 Å². The van der Waals surface area contributed by atoms with Gasteiger partial charge in [-0.3, -0.25) is 0 Å². The molecular weight excluding hydrogens is 174 g/mol. The summed E-state index contributed by atoms with van der Waals surface area (Å²) < 4.78 is 5.36. The Balaban J connectivity index is 0.00000121. The van der Waals surface area contributed by atoms with Crippen LogP contribution >= 0.6 is 12.4 Å². The van der Waals surface area contributed by atoms with Gasteiger partial charge in [0.05, 0.1) is 12.3 Å². The highest BCUT2D eigenvalue weighted by molar-refractivity contribution is 5.85. The number of rotatable bonds is 3. The highest BCUT2D eigenvalue weighted by Gasteiger charge is 1.95. The van der Waals surface area contributed by atoms with Crippen molar-refractivity contribution in [1.29, 1.82) is 0 Å². The molecule has 0 atom stereocenters. The summed E-state index contributed by atoms with van der Waals surface area (Å²) in [4.78, 5) is 0. The number of benzene rings is 1. The van der Waals surface area contributed by atoms with Gasteiger partial charge in [0.15, 0.2) is 0 Å². The first-order chi connectivity index (χ1) is 5.34. The van der Waals surface area contributed by atoms with Gasteiger partial charge in [0.25, 0.3) is 0 Å². The second-order valence-electron chi connectivity index (χ2n) is 2.39. The molecule has 0 fully saturated rings. The van der Waals surface area contributed by atoms with Gasteiger partial charge in [-0.2, -0.15) is 0 Å². The standard InChI is InChI=1S/C9H13NO.ClH/c1-2-7-11-9-6-4-3-5-8(9)10;/h3-6H,2,7,10H2,1H3;1H. The Labute approximate surface area is 79.1 Å². The zero-order valence-corrected chi connectivity index (χ0v) is 7.93. The van der Waals surface area contributed by atoms with E-state index < -0.39 is 0 Å². The molecule has 2 nitrogen and oxygen atoms in total. The van der Waals surface area contributed by atoms with E-state index in [0.29, 0.717) is 5.69 Å². The van der Waals surface area contributed by atoms with E-state index in [-0.39, 0.29) is 12.4 Å². The topological polar surface area (TPSA) is 35.2 Å². The molecule has 0 aliphatic heterocycles. The Bertz CT molecular complexity index is 228. The zero-order valence-electron chi connectivity index (χ0n) is 7.12. The number of hydrogen-bond acceptors (Lipinski definition) is 2. The molecule has 1 rings (SSSR count). The van der Waals surface area contributed by atoms with E-state index in [1.807, 2.05) is 24.3 Å². The highest BCUT2D eigenvalue weighted by atomic mass is 35.5. The number of ether oxygens (including phenoxy) is 1. The smallest absolute Gasteiger partial charge is 0.142 e. The SMILES string of the molecule is CCCOc1ccccc1N.Cl. The van der Waals surface area contributed by atoms with Crippen LogP contribution < -0.4 is 10.5 Å². The van der Waals surface area contributed by atoms with Gasteiger partial charge in [-0.25, -0.2) is 0 Å². The van der Waals surface area contributed by atoms with Crippen molar-refractivity contribution in [2.45, 2.75) is 13.3 Å². The van der Waals surface area contributed by atoms with E-state index in [4.69, 9.17) is 10.5 Å². The van der Waals surface area contributed by atoms with Crippen molar-refractivity contribution in [3.8, 4) is 5.75 Å². The lowest BCUT2D eigenvalue weighted by Gasteiger charge is -2.05. The van der Waals surface area contributed by atoms with Crippen molar-refractivity contribution < 1.29 is 4.74 Å². The molecule has 0 spiro atoms. The Hall–Kier alpha value is -0.890. The molecule has 0 amide bonds. The Morgan fingerprint density at radius 2 is 2.00 bits per heavy atom. The first-order valence-electron chi connectivity index (χ1n) is 3.82. The van der Waals surface area contributed by atoms with Crippen LogP contribution in [-0.2, 0) is 0 Å². The van der Waals surface area contributed by atoms with E-state index in [1.54, 1.807) is 0 Å². The van der Waals surface area contributed by atoms with Crippen molar-refractivity contribution in [2.75, 3.05) is 12.3 Å². The van der Waals surface area contributed by atoms with Gasteiger partial charge in [-0.15, -0.1) is 12.4 Å². The van der Waals surface area contributed by atoms with Gasteiger partial charge >= 0.3 is 0 Å². The average Bonchev–Trinajstić information content (AvgIpc) is 2.03. The molecule has 1 aromatic carbocycles. The normalized spacial score (nSPS) is 8.75. The van der Waals surface area contributed by atoms with Crippen LogP contribution in [0.4, 0.5) is 5.69 Å². The Morgan fingerprint density at radius 3 is 2.58 bits per heavy atom. The molecule has 3 heteroatoms. The summed E-state index contributed by atoms with van der Waals surface area (Å²) in [6, 6.07) is 7.53. The average molecular weight is 188 g/mol. The molecule has 12 heavy (non-hydrogen) atoms. The summed E-state index contributed by atoms with van der Waals surface area (Å²) in [6.45, 7) is 2.80. The van der Waals surface area contributed by atoms with Gasteiger partial charge in [0.1, 0.15) is 5.75 Å². The lowest BCUT2D eigenvalue weighted by Crippen LogP contribution is -1.98. The van der Waals surface area contributed by atoms with E-state index >= 15 is 0 Å². The molecule has 0 aliphatic rings. The molecule has 0 saturated carbocycles. The Morgan fingerprint density at radius 1 is 1.33 bits per heavy atom. The van der Waals surface area contributed by atoms with Crippen molar-refractivity contribution in [1.82, 2.24) is 0 Å². The number of nitrogen functional groups attached to an aromatic ring is 1. The number of para-hydroxylation sites is 2. The third-order valence-corrected chi connectivity index (χ3v) is 1.38. The molecule has 0 aliphatic carbocycles. The van der Waals surface area contributed by atoms with Crippen LogP contribution in [0, 0.1) is 0 Å². The van der Waals surface area contributed by atoms with Crippen molar-refractivity contribution in [3.05, 3.63) is 24.3 Å². The molecular formula is C9H14ClNO. The zero-order chi connectivity index (χ0) is 8.10. The number of halogens is 1. The largest absolute Gasteiger partial charge is 0.491 e. The van der Waals surface area contributed by atoms with Gasteiger partial charge in [0, 0.05) is 0 Å². The van der Waals surface area contributed by atoms with Gasteiger partial charge in [-0.1, -0.05) is 19.1 Å². The summed E-state index contributed by atoms with van der Waals surface area (Å²) in [6.07, 6.45) is 1.01.